The Bertz CT molecular complexity index is 622. The second-order valence-electron chi connectivity index (χ2n) is 4.93. The minimum atomic E-state index is -0.145. The Kier molecular flexibility index (Phi) is 2.91. The maximum Gasteiger partial charge on any atom is 0.231 e. The number of hydrogen-bond acceptors (Lipinski definition) is 3. The Labute approximate surface area is 113 Å². The summed E-state index contributed by atoms with van der Waals surface area (Å²) in [7, 11) is 0. The van der Waals surface area contributed by atoms with Crippen LogP contribution in [-0.4, -0.2) is 6.79 Å². The van der Waals surface area contributed by atoms with Gasteiger partial charge >= 0.3 is 0 Å². The number of benzene rings is 2. The third-order valence-electron chi connectivity index (χ3n) is 3.65. The summed E-state index contributed by atoms with van der Waals surface area (Å²) in [5.74, 6) is 1.56. The van der Waals surface area contributed by atoms with Gasteiger partial charge in [-0.3, -0.25) is 0 Å². The van der Waals surface area contributed by atoms with Gasteiger partial charge in [-0.15, -0.1) is 0 Å². The summed E-state index contributed by atoms with van der Waals surface area (Å²) in [6.07, 6.45) is 0. The molecule has 2 N–H and O–H groups in total. The van der Waals surface area contributed by atoms with Crippen molar-refractivity contribution in [1.29, 1.82) is 0 Å². The molecule has 0 saturated carbocycles. The molecule has 0 spiro atoms. The van der Waals surface area contributed by atoms with E-state index in [-0.39, 0.29) is 12.8 Å². The molecule has 0 saturated heterocycles. The van der Waals surface area contributed by atoms with Crippen LogP contribution in [0.1, 0.15) is 28.3 Å². The molecular formula is C16H17NO2. The van der Waals surface area contributed by atoms with Gasteiger partial charge in [0.2, 0.25) is 6.79 Å². The SMILES string of the molecule is Cc1ccc(C(N)c2ccc3c(c2)OCO3)cc1C. The van der Waals surface area contributed by atoms with E-state index in [1.165, 1.54) is 11.1 Å². The molecule has 0 amide bonds. The lowest BCUT2D eigenvalue weighted by Gasteiger charge is -2.14. The van der Waals surface area contributed by atoms with Gasteiger partial charge in [-0.05, 0) is 48.2 Å². The van der Waals surface area contributed by atoms with E-state index < -0.39 is 0 Å². The van der Waals surface area contributed by atoms with Crippen molar-refractivity contribution in [3.05, 3.63) is 58.7 Å². The standard InChI is InChI=1S/C16H17NO2/c1-10-3-4-12(7-11(10)2)16(17)13-5-6-14-15(8-13)19-9-18-14/h3-8,16H,9,17H2,1-2H3. The van der Waals surface area contributed by atoms with E-state index in [1.54, 1.807) is 0 Å². The number of rotatable bonds is 2. The summed E-state index contributed by atoms with van der Waals surface area (Å²) < 4.78 is 10.7. The van der Waals surface area contributed by atoms with Crippen LogP contribution in [-0.2, 0) is 0 Å². The summed E-state index contributed by atoms with van der Waals surface area (Å²) in [5.41, 5.74) is 11.0. The molecule has 1 atom stereocenters. The molecule has 0 radical (unpaired) electrons. The lowest BCUT2D eigenvalue weighted by atomic mass is 9.96. The van der Waals surface area contributed by atoms with E-state index in [2.05, 4.69) is 32.0 Å². The Morgan fingerprint density at radius 3 is 2.37 bits per heavy atom. The van der Waals surface area contributed by atoms with Gasteiger partial charge in [-0.25, -0.2) is 0 Å². The molecule has 0 aliphatic carbocycles. The van der Waals surface area contributed by atoms with Crippen LogP contribution >= 0.6 is 0 Å². The molecule has 1 unspecified atom stereocenters. The van der Waals surface area contributed by atoms with Crippen molar-refractivity contribution < 1.29 is 9.47 Å². The Balaban J connectivity index is 1.94. The summed E-state index contributed by atoms with van der Waals surface area (Å²) in [6.45, 7) is 4.49. The number of nitrogens with two attached hydrogens (primary N) is 1. The van der Waals surface area contributed by atoms with Gasteiger partial charge in [0.05, 0.1) is 6.04 Å². The first kappa shape index (κ1) is 12.1. The van der Waals surface area contributed by atoms with Crippen LogP contribution in [0.2, 0.25) is 0 Å². The fraction of sp³-hybridized carbons (Fsp3) is 0.250. The van der Waals surface area contributed by atoms with Crippen LogP contribution in [0, 0.1) is 13.8 Å². The summed E-state index contributed by atoms with van der Waals surface area (Å²) in [4.78, 5) is 0. The molecule has 0 fully saturated rings. The monoisotopic (exact) mass is 255 g/mol. The van der Waals surface area contributed by atoms with Crippen molar-refractivity contribution in [3.8, 4) is 11.5 Å². The minimum absolute atomic E-state index is 0.145. The normalized spacial score (nSPS) is 14.5. The highest BCUT2D eigenvalue weighted by Gasteiger charge is 2.17. The quantitative estimate of drug-likeness (QED) is 0.897. The lowest BCUT2D eigenvalue weighted by molar-refractivity contribution is 0.174. The fourth-order valence-corrected chi connectivity index (χ4v) is 2.26. The molecule has 1 aliphatic rings. The Morgan fingerprint density at radius 2 is 1.58 bits per heavy atom. The van der Waals surface area contributed by atoms with Gasteiger partial charge in [-0.1, -0.05) is 24.3 Å². The zero-order chi connectivity index (χ0) is 13.4. The first-order chi connectivity index (χ1) is 9.15. The van der Waals surface area contributed by atoms with Crippen molar-refractivity contribution in [1.82, 2.24) is 0 Å². The minimum Gasteiger partial charge on any atom is -0.454 e. The summed E-state index contributed by atoms with van der Waals surface area (Å²) in [5, 5.41) is 0. The number of hydrogen-bond donors (Lipinski definition) is 1. The first-order valence-electron chi connectivity index (χ1n) is 6.37. The van der Waals surface area contributed by atoms with Gasteiger partial charge in [0, 0.05) is 0 Å². The van der Waals surface area contributed by atoms with E-state index in [4.69, 9.17) is 15.2 Å². The van der Waals surface area contributed by atoms with Gasteiger partial charge in [0.15, 0.2) is 11.5 Å². The zero-order valence-electron chi connectivity index (χ0n) is 11.1. The number of fused-ring (bicyclic) bond motifs is 1. The molecule has 0 bridgehead atoms. The average Bonchev–Trinajstić information content (AvgIpc) is 2.88. The summed E-state index contributed by atoms with van der Waals surface area (Å²) in [6, 6.07) is 12.1. The van der Waals surface area contributed by atoms with Crippen LogP contribution in [0.25, 0.3) is 0 Å². The van der Waals surface area contributed by atoms with E-state index in [9.17, 15) is 0 Å². The van der Waals surface area contributed by atoms with Crippen molar-refractivity contribution >= 4 is 0 Å². The smallest absolute Gasteiger partial charge is 0.231 e. The number of ether oxygens (including phenoxy) is 2. The van der Waals surface area contributed by atoms with Crippen LogP contribution in [0.3, 0.4) is 0 Å². The molecule has 3 heteroatoms. The molecule has 1 heterocycles. The van der Waals surface area contributed by atoms with Gasteiger partial charge in [-0.2, -0.15) is 0 Å². The highest BCUT2D eigenvalue weighted by Crippen LogP contribution is 2.35. The molecular weight excluding hydrogens is 238 g/mol. The fourth-order valence-electron chi connectivity index (χ4n) is 2.26. The lowest BCUT2D eigenvalue weighted by Crippen LogP contribution is -2.12. The maximum atomic E-state index is 6.33. The second-order valence-corrected chi connectivity index (χ2v) is 4.93. The third-order valence-corrected chi connectivity index (χ3v) is 3.65. The molecule has 98 valence electrons. The van der Waals surface area contributed by atoms with Gasteiger partial charge in [0.25, 0.3) is 0 Å². The second kappa shape index (κ2) is 4.59. The van der Waals surface area contributed by atoms with Crippen molar-refractivity contribution in [3.63, 3.8) is 0 Å². The third kappa shape index (κ3) is 2.17. The zero-order valence-corrected chi connectivity index (χ0v) is 11.1. The number of aryl methyl sites for hydroxylation is 2. The summed E-state index contributed by atoms with van der Waals surface area (Å²) >= 11 is 0. The highest BCUT2D eigenvalue weighted by atomic mass is 16.7. The molecule has 0 aromatic heterocycles. The van der Waals surface area contributed by atoms with E-state index in [0.717, 1.165) is 22.6 Å². The molecule has 3 rings (SSSR count). The molecule has 1 aliphatic heterocycles. The van der Waals surface area contributed by atoms with E-state index >= 15 is 0 Å². The molecule has 3 nitrogen and oxygen atoms in total. The predicted molar refractivity (Wildman–Crippen MR) is 74.5 cm³/mol. The molecule has 19 heavy (non-hydrogen) atoms. The van der Waals surface area contributed by atoms with Crippen LogP contribution in [0.15, 0.2) is 36.4 Å². The van der Waals surface area contributed by atoms with E-state index in [1.807, 2.05) is 18.2 Å². The average molecular weight is 255 g/mol. The highest BCUT2D eigenvalue weighted by molar-refractivity contribution is 5.47. The molecule has 2 aromatic carbocycles. The Morgan fingerprint density at radius 1 is 0.895 bits per heavy atom. The van der Waals surface area contributed by atoms with Crippen molar-refractivity contribution in [2.24, 2.45) is 5.73 Å². The topological polar surface area (TPSA) is 44.5 Å². The van der Waals surface area contributed by atoms with Gasteiger partial charge in [0.1, 0.15) is 0 Å². The van der Waals surface area contributed by atoms with Crippen LogP contribution < -0.4 is 15.2 Å². The predicted octanol–water partition coefficient (Wildman–Crippen LogP) is 3.08. The van der Waals surface area contributed by atoms with Gasteiger partial charge < -0.3 is 15.2 Å². The van der Waals surface area contributed by atoms with Crippen LogP contribution in [0.5, 0.6) is 11.5 Å². The van der Waals surface area contributed by atoms with Crippen LogP contribution in [0.4, 0.5) is 0 Å². The Hall–Kier alpha value is -2.00. The van der Waals surface area contributed by atoms with Crippen molar-refractivity contribution in [2.75, 3.05) is 6.79 Å². The molecule has 2 aromatic rings. The maximum absolute atomic E-state index is 6.33. The first-order valence-corrected chi connectivity index (χ1v) is 6.37. The van der Waals surface area contributed by atoms with Crippen molar-refractivity contribution in [2.45, 2.75) is 19.9 Å². The largest absolute Gasteiger partial charge is 0.454 e. The van der Waals surface area contributed by atoms with E-state index in [0.29, 0.717) is 0 Å².